The van der Waals surface area contributed by atoms with E-state index in [1.54, 1.807) is 18.5 Å². The quantitative estimate of drug-likeness (QED) is 0.778. The molecule has 0 aromatic carbocycles. The molecule has 1 N–H and O–H groups in total. The summed E-state index contributed by atoms with van der Waals surface area (Å²) in [7, 11) is 0. The predicted octanol–water partition coefficient (Wildman–Crippen LogP) is 1.72. The normalized spacial score (nSPS) is 10.7. The van der Waals surface area contributed by atoms with Crippen molar-refractivity contribution in [2.45, 2.75) is 6.54 Å². The zero-order chi connectivity index (χ0) is 12.4. The second-order valence-electron chi connectivity index (χ2n) is 3.77. The van der Waals surface area contributed by atoms with Crippen molar-refractivity contribution in [3.8, 4) is 0 Å². The first kappa shape index (κ1) is 10.9. The molecule has 5 nitrogen and oxygen atoms in total. The standard InChI is InChI=1S/C12H10N4OS/c17-12(9-1-4-18-8-9)14-5-10-7-16-3-2-13-6-11(16)15-10/h1-4,6-8H,5H2,(H,14,17). The van der Waals surface area contributed by atoms with Crippen molar-refractivity contribution in [2.75, 3.05) is 0 Å². The van der Waals surface area contributed by atoms with Crippen molar-refractivity contribution in [1.82, 2.24) is 19.7 Å². The summed E-state index contributed by atoms with van der Waals surface area (Å²) >= 11 is 1.50. The van der Waals surface area contributed by atoms with Crippen LogP contribution < -0.4 is 5.32 Å². The van der Waals surface area contributed by atoms with Gasteiger partial charge in [0.15, 0.2) is 5.65 Å². The number of thiophene rings is 1. The van der Waals surface area contributed by atoms with Crippen LogP contribution >= 0.6 is 11.3 Å². The molecule has 0 aliphatic carbocycles. The van der Waals surface area contributed by atoms with Gasteiger partial charge in [0, 0.05) is 29.5 Å². The van der Waals surface area contributed by atoms with Gasteiger partial charge in [-0.2, -0.15) is 11.3 Å². The van der Waals surface area contributed by atoms with E-state index in [0.29, 0.717) is 12.1 Å². The molecule has 0 unspecified atom stereocenters. The number of nitrogens with one attached hydrogen (secondary N) is 1. The van der Waals surface area contributed by atoms with Crippen LogP contribution in [-0.4, -0.2) is 20.3 Å². The Kier molecular flexibility index (Phi) is 2.77. The van der Waals surface area contributed by atoms with Gasteiger partial charge in [-0.15, -0.1) is 0 Å². The van der Waals surface area contributed by atoms with Gasteiger partial charge in [-0.1, -0.05) is 0 Å². The number of rotatable bonds is 3. The molecule has 0 fully saturated rings. The van der Waals surface area contributed by atoms with E-state index in [-0.39, 0.29) is 5.91 Å². The van der Waals surface area contributed by atoms with E-state index in [4.69, 9.17) is 0 Å². The largest absolute Gasteiger partial charge is 0.346 e. The van der Waals surface area contributed by atoms with Crippen molar-refractivity contribution in [2.24, 2.45) is 0 Å². The van der Waals surface area contributed by atoms with Crippen molar-refractivity contribution < 1.29 is 4.79 Å². The molecule has 18 heavy (non-hydrogen) atoms. The number of nitrogens with zero attached hydrogens (tertiary/aromatic N) is 3. The lowest BCUT2D eigenvalue weighted by molar-refractivity contribution is 0.0951. The summed E-state index contributed by atoms with van der Waals surface area (Å²) in [6, 6.07) is 1.80. The van der Waals surface area contributed by atoms with Gasteiger partial charge in [-0.25, -0.2) is 4.98 Å². The fourth-order valence-electron chi connectivity index (χ4n) is 1.65. The Bertz CT molecular complexity index is 641. The highest BCUT2D eigenvalue weighted by Gasteiger charge is 2.06. The zero-order valence-corrected chi connectivity index (χ0v) is 10.2. The fourth-order valence-corrected chi connectivity index (χ4v) is 2.28. The maximum Gasteiger partial charge on any atom is 0.252 e. The van der Waals surface area contributed by atoms with Gasteiger partial charge in [0.2, 0.25) is 0 Å². The predicted molar refractivity (Wildman–Crippen MR) is 68.5 cm³/mol. The van der Waals surface area contributed by atoms with Gasteiger partial charge in [0.1, 0.15) is 0 Å². The molecule has 0 aliphatic heterocycles. The SMILES string of the molecule is O=C(NCc1cn2ccncc2n1)c1ccsc1. The maximum absolute atomic E-state index is 11.7. The summed E-state index contributed by atoms with van der Waals surface area (Å²) < 4.78 is 1.87. The number of carbonyl (C=O) groups is 1. The van der Waals surface area contributed by atoms with Crippen LogP contribution in [0.15, 0.2) is 41.6 Å². The van der Waals surface area contributed by atoms with Crippen molar-refractivity contribution in [3.05, 3.63) is 52.9 Å². The number of imidazole rings is 1. The molecule has 0 aliphatic rings. The Morgan fingerprint density at radius 1 is 1.50 bits per heavy atom. The first-order chi connectivity index (χ1) is 8.83. The molecule has 0 atom stereocenters. The molecule has 0 radical (unpaired) electrons. The first-order valence-corrected chi connectivity index (χ1v) is 6.35. The summed E-state index contributed by atoms with van der Waals surface area (Å²) in [6.45, 7) is 0.413. The number of hydrogen-bond acceptors (Lipinski definition) is 4. The average molecular weight is 258 g/mol. The molecule has 0 bridgehead atoms. The molecule has 3 aromatic rings. The Morgan fingerprint density at radius 2 is 2.44 bits per heavy atom. The van der Waals surface area contributed by atoms with Crippen LogP contribution in [0.1, 0.15) is 16.1 Å². The van der Waals surface area contributed by atoms with Gasteiger partial charge < -0.3 is 9.72 Å². The molecule has 90 valence electrons. The van der Waals surface area contributed by atoms with E-state index in [0.717, 1.165) is 11.3 Å². The number of hydrogen-bond donors (Lipinski definition) is 1. The monoisotopic (exact) mass is 258 g/mol. The van der Waals surface area contributed by atoms with Crippen LogP contribution in [-0.2, 0) is 6.54 Å². The lowest BCUT2D eigenvalue weighted by Crippen LogP contribution is -2.22. The summed E-state index contributed by atoms with van der Waals surface area (Å²) in [6.07, 6.45) is 7.09. The lowest BCUT2D eigenvalue weighted by Gasteiger charge is -1.99. The summed E-state index contributed by atoms with van der Waals surface area (Å²) in [5, 5.41) is 6.54. The molecular weight excluding hydrogens is 248 g/mol. The first-order valence-electron chi connectivity index (χ1n) is 5.41. The highest BCUT2D eigenvalue weighted by molar-refractivity contribution is 7.08. The molecular formula is C12H10N4OS. The zero-order valence-electron chi connectivity index (χ0n) is 9.41. The molecule has 0 saturated heterocycles. The van der Waals surface area contributed by atoms with Crippen LogP contribution in [0.5, 0.6) is 0 Å². The number of aromatic nitrogens is 3. The average Bonchev–Trinajstić information content (AvgIpc) is 3.04. The second kappa shape index (κ2) is 4.58. The van der Waals surface area contributed by atoms with E-state index in [1.165, 1.54) is 11.3 Å². The van der Waals surface area contributed by atoms with Crippen molar-refractivity contribution in [3.63, 3.8) is 0 Å². The molecule has 0 spiro atoms. The maximum atomic E-state index is 11.7. The van der Waals surface area contributed by atoms with Crippen LogP contribution in [0.4, 0.5) is 0 Å². The van der Waals surface area contributed by atoms with Gasteiger partial charge in [0.05, 0.1) is 18.4 Å². The Balaban J connectivity index is 1.71. The Labute approximate surface area is 107 Å². The van der Waals surface area contributed by atoms with E-state index < -0.39 is 0 Å². The minimum Gasteiger partial charge on any atom is -0.346 e. The fraction of sp³-hybridized carbons (Fsp3) is 0.0833. The number of carbonyl (C=O) groups excluding carboxylic acids is 1. The topological polar surface area (TPSA) is 59.3 Å². The third-order valence-corrected chi connectivity index (χ3v) is 3.21. The third-order valence-electron chi connectivity index (χ3n) is 2.53. The van der Waals surface area contributed by atoms with Gasteiger partial charge in [-0.05, 0) is 11.4 Å². The third kappa shape index (κ3) is 2.10. The molecule has 3 aromatic heterocycles. The Morgan fingerprint density at radius 3 is 3.22 bits per heavy atom. The molecule has 3 rings (SSSR count). The van der Waals surface area contributed by atoms with Gasteiger partial charge >= 0.3 is 0 Å². The number of amides is 1. The van der Waals surface area contributed by atoms with E-state index in [2.05, 4.69) is 15.3 Å². The van der Waals surface area contributed by atoms with E-state index >= 15 is 0 Å². The van der Waals surface area contributed by atoms with E-state index in [9.17, 15) is 4.79 Å². The van der Waals surface area contributed by atoms with E-state index in [1.807, 2.05) is 27.6 Å². The summed E-state index contributed by atoms with van der Waals surface area (Å²) in [4.78, 5) is 20.1. The molecule has 1 amide bonds. The van der Waals surface area contributed by atoms with Crippen LogP contribution in [0, 0.1) is 0 Å². The lowest BCUT2D eigenvalue weighted by atomic mass is 10.3. The minimum absolute atomic E-state index is 0.0774. The summed E-state index contributed by atoms with van der Waals surface area (Å²) in [5.41, 5.74) is 2.27. The van der Waals surface area contributed by atoms with Gasteiger partial charge in [0.25, 0.3) is 5.91 Å². The van der Waals surface area contributed by atoms with Crippen LogP contribution in [0.2, 0.25) is 0 Å². The molecule has 3 heterocycles. The van der Waals surface area contributed by atoms with Crippen LogP contribution in [0.3, 0.4) is 0 Å². The summed E-state index contributed by atoms with van der Waals surface area (Å²) in [5.74, 6) is -0.0774. The number of fused-ring (bicyclic) bond motifs is 1. The highest BCUT2D eigenvalue weighted by atomic mass is 32.1. The highest BCUT2D eigenvalue weighted by Crippen LogP contribution is 2.06. The van der Waals surface area contributed by atoms with Crippen molar-refractivity contribution >= 4 is 22.9 Å². The molecule has 6 heteroatoms. The van der Waals surface area contributed by atoms with Gasteiger partial charge in [-0.3, -0.25) is 9.78 Å². The van der Waals surface area contributed by atoms with Crippen molar-refractivity contribution in [1.29, 1.82) is 0 Å². The smallest absolute Gasteiger partial charge is 0.252 e. The minimum atomic E-state index is -0.0774. The second-order valence-corrected chi connectivity index (χ2v) is 4.55. The Hall–Kier alpha value is -2.21. The molecule has 0 saturated carbocycles. The van der Waals surface area contributed by atoms with Crippen LogP contribution in [0.25, 0.3) is 5.65 Å².